The maximum atomic E-state index is 12.8. The van der Waals surface area contributed by atoms with Crippen molar-refractivity contribution in [1.82, 2.24) is 14.7 Å². The zero-order valence-corrected chi connectivity index (χ0v) is 23.5. The molecule has 0 bridgehead atoms. The van der Waals surface area contributed by atoms with E-state index in [0.717, 1.165) is 57.6 Å². The predicted molar refractivity (Wildman–Crippen MR) is 156 cm³/mol. The van der Waals surface area contributed by atoms with Gasteiger partial charge in [-0.3, -0.25) is 9.59 Å². The molecule has 1 aliphatic carbocycles. The average molecular weight is 581 g/mol. The Balaban J connectivity index is 1.19. The Hall–Kier alpha value is -3.52. The van der Waals surface area contributed by atoms with Gasteiger partial charge < -0.3 is 35.7 Å². The molecule has 4 aromatic rings. The third-order valence-electron chi connectivity index (χ3n) is 7.79. The number of hydrogen-bond acceptors (Lipinski definition) is 11. The molecule has 7 rings (SSSR count). The average Bonchev–Trinajstić information content (AvgIpc) is 3.69. The largest absolute Gasteiger partial charge is 0.459 e. The summed E-state index contributed by atoms with van der Waals surface area (Å²) in [6.07, 6.45) is 6.14. The molecule has 4 aromatic heterocycles. The summed E-state index contributed by atoms with van der Waals surface area (Å²) in [4.78, 5) is 32.5. The van der Waals surface area contributed by atoms with Gasteiger partial charge in [-0.05, 0) is 36.0 Å². The van der Waals surface area contributed by atoms with Crippen molar-refractivity contribution in [2.45, 2.75) is 44.3 Å². The van der Waals surface area contributed by atoms with Crippen LogP contribution in [0.3, 0.4) is 0 Å². The van der Waals surface area contributed by atoms with Crippen LogP contribution in [0, 0.1) is 0 Å². The Labute approximate surface area is 237 Å². The van der Waals surface area contributed by atoms with Gasteiger partial charge in [0.15, 0.2) is 5.58 Å². The Kier molecular flexibility index (Phi) is 6.66. The Bertz CT molecular complexity index is 1640. The van der Waals surface area contributed by atoms with E-state index >= 15 is 0 Å². The van der Waals surface area contributed by atoms with Crippen molar-refractivity contribution < 1.29 is 19.7 Å². The van der Waals surface area contributed by atoms with Crippen molar-refractivity contribution in [2.24, 2.45) is 0 Å². The third kappa shape index (κ3) is 4.72. The summed E-state index contributed by atoms with van der Waals surface area (Å²) >= 11 is 2.80. The molecule has 0 radical (unpaired) electrons. The van der Waals surface area contributed by atoms with Crippen LogP contribution in [0.2, 0.25) is 0 Å². The number of morpholine rings is 1. The number of hydrogen-bond donors (Lipinski definition) is 4. The van der Waals surface area contributed by atoms with Crippen LogP contribution >= 0.6 is 22.9 Å². The lowest BCUT2D eigenvalue weighted by Crippen LogP contribution is -2.68. The number of carbonyl (C=O) groups excluding carboxylic acids is 1. The summed E-state index contributed by atoms with van der Waals surface area (Å²) in [6.45, 7) is 3.24. The molecule has 1 saturated heterocycles. The molecule has 0 aromatic carbocycles. The SMILES string of the molecule is [NH3+][C@@H]1CCCC[C@@H]1Nc1cc2c(c(Nc3cc(-c4coc5c(=O)cc(N6CCOCC6)sc45)ns3)n1)C(=O)NC2. The van der Waals surface area contributed by atoms with E-state index in [1.807, 2.05) is 12.1 Å². The number of nitrogens with zero attached hydrogens (tertiary/aromatic N) is 3. The highest BCUT2D eigenvalue weighted by molar-refractivity contribution is 7.22. The maximum absolute atomic E-state index is 12.8. The number of ether oxygens (including phenoxy) is 1. The van der Waals surface area contributed by atoms with Gasteiger partial charge in [-0.1, -0.05) is 6.42 Å². The fraction of sp³-hybridized carbons (Fsp3) is 0.407. The molecule has 13 heteroatoms. The molecule has 2 atom stereocenters. The van der Waals surface area contributed by atoms with E-state index in [-0.39, 0.29) is 17.4 Å². The molecule has 1 amide bonds. The van der Waals surface area contributed by atoms with Crippen LogP contribution < -0.4 is 32.0 Å². The number of rotatable bonds is 6. The van der Waals surface area contributed by atoms with Gasteiger partial charge in [-0.15, -0.1) is 11.3 Å². The lowest BCUT2D eigenvalue weighted by Gasteiger charge is -2.27. The summed E-state index contributed by atoms with van der Waals surface area (Å²) < 4.78 is 16.6. The minimum Gasteiger partial charge on any atom is -0.459 e. The molecule has 0 spiro atoms. The Morgan fingerprint density at radius 3 is 2.83 bits per heavy atom. The van der Waals surface area contributed by atoms with Crippen molar-refractivity contribution in [3.8, 4) is 11.3 Å². The number of aromatic nitrogens is 2. The zero-order valence-electron chi connectivity index (χ0n) is 21.8. The second-order valence-corrected chi connectivity index (χ2v) is 12.3. The number of nitrogens with one attached hydrogen (secondary N) is 3. The van der Waals surface area contributed by atoms with Crippen molar-refractivity contribution >= 4 is 60.7 Å². The fourth-order valence-corrected chi connectivity index (χ4v) is 7.48. The van der Waals surface area contributed by atoms with Crippen LogP contribution in [0.15, 0.2) is 33.7 Å². The molecule has 6 heterocycles. The first-order valence-electron chi connectivity index (χ1n) is 13.6. The van der Waals surface area contributed by atoms with Gasteiger partial charge in [0.1, 0.15) is 28.9 Å². The van der Waals surface area contributed by atoms with E-state index in [4.69, 9.17) is 14.1 Å². The number of pyridine rings is 1. The summed E-state index contributed by atoms with van der Waals surface area (Å²) in [6, 6.07) is 6.09. The van der Waals surface area contributed by atoms with Crippen molar-refractivity contribution in [1.29, 1.82) is 0 Å². The Morgan fingerprint density at radius 2 is 1.98 bits per heavy atom. The number of furan rings is 1. The van der Waals surface area contributed by atoms with E-state index in [1.54, 1.807) is 12.3 Å². The summed E-state index contributed by atoms with van der Waals surface area (Å²) in [5.74, 6) is 1.09. The highest BCUT2D eigenvalue weighted by Crippen LogP contribution is 2.38. The zero-order chi connectivity index (χ0) is 27.2. The maximum Gasteiger partial charge on any atom is 0.255 e. The van der Waals surface area contributed by atoms with Gasteiger partial charge in [0.2, 0.25) is 5.43 Å². The molecule has 2 aliphatic heterocycles. The molecule has 208 valence electrons. The lowest BCUT2D eigenvalue weighted by molar-refractivity contribution is -0.427. The van der Waals surface area contributed by atoms with Gasteiger partial charge in [-0.2, -0.15) is 4.37 Å². The van der Waals surface area contributed by atoms with E-state index in [1.165, 1.54) is 35.7 Å². The molecule has 11 nitrogen and oxygen atoms in total. The lowest BCUT2D eigenvalue weighted by atomic mass is 9.91. The molecular formula is C27H30N7O4S2+. The first-order chi connectivity index (χ1) is 19.5. The van der Waals surface area contributed by atoms with Crippen LogP contribution in [0.1, 0.15) is 41.6 Å². The van der Waals surface area contributed by atoms with Gasteiger partial charge in [0, 0.05) is 38.2 Å². The van der Waals surface area contributed by atoms with Gasteiger partial charge >= 0.3 is 0 Å². The molecule has 1 saturated carbocycles. The standard InChI is InChI=1S/C27H29N7O4S2/c28-16-3-1-2-4-17(16)30-20-9-14-12-29-27(36)23(14)26(31-20)32-21-10-18(33-40-21)15-13-38-24-19(35)11-22(39-25(15)24)34-5-7-37-8-6-34/h9-11,13,16-17H,1-8,12,28H2,(H,29,36)(H2,30,31,32)/p+1/t16-,17+/m1/s1. The molecule has 40 heavy (non-hydrogen) atoms. The quantitative estimate of drug-likeness (QED) is 0.270. The minimum atomic E-state index is -0.146. The molecular weight excluding hydrogens is 550 g/mol. The smallest absolute Gasteiger partial charge is 0.255 e. The van der Waals surface area contributed by atoms with Crippen LogP contribution in [0.4, 0.5) is 21.6 Å². The van der Waals surface area contributed by atoms with Crippen LogP contribution in [0.5, 0.6) is 0 Å². The highest BCUT2D eigenvalue weighted by atomic mass is 32.1. The van der Waals surface area contributed by atoms with Crippen LogP contribution in [0.25, 0.3) is 21.5 Å². The first-order valence-corrected chi connectivity index (χ1v) is 15.2. The van der Waals surface area contributed by atoms with Gasteiger partial charge in [0.05, 0.1) is 45.8 Å². The Morgan fingerprint density at radius 1 is 1.12 bits per heavy atom. The minimum absolute atomic E-state index is 0.143. The summed E-state index contributed by atoms with van der Waals surface area (Å²) in [7, 11) is 0. The number of quaternary nitrogens is 1. The molecule has 6 N–H and O–H groups in total. The van der Waals surface area contributed by atoms with Crippen molar-refractivity contribution in [2.75, 3.05) is 41.8 Å². The van der Waals surface area contributed by atoms with E-state index < -0.39 is 0 Å². The fourth-order valence-electron chi connectivity index (χ4n) is 5.63. The number of carbonyl (C=O) groups is 1. The summed E-state index contributed by atoms with van der Waals surface area (Å²) in [5.41, 5.74) is 7.43. The van der Waals surface area contributed by atoms with E-state index in [9.17, 15) is 9.59 Å². The third-order valence-corrected chi connectivity index (χ3v) is 9.69. The second-order valence-electron chi connectivity index (χ2n) is 10.4. The number of anilines is 4. The van der Waals surface area contributed by atoms with Gasteiger partial charge in [0.25, 0.3) is 5.91 Å². The van der Waals surface area contributed by atoms with Crippen LogP contribution in [-0.4, -0.2) is 53.7 Å². The number of amides is 1. The second kappa shape index (κ2) is 10.5. The van der Waals surface area contributed by atoms with Gasteiger partial charge in [-0.25, -0.2) is 4.98 Å². The molecule has 3 aliphatic rings. The highest BCUT2D eigenvalue weighted by Gasteiger charge is 2.29. The van der Waals surface area contributed by atoms with Crippen LogP contribution in [-0.2, 0) is 11.3 Å². The number of fused-ring (bicyclic) bond motifs is 2. The summed E-state index contributed by atoms with van der Waals surface area (Å²) in [5, 5.41) is 11.5. The van der Waals surface area contributed by atoms with E-state index in [0.29, 0.717) is 48.5 Å². The monoisotopic (exact) mass is 580 g/mol. The van der Waals surface area contributed by atoms with Crippen molar-refractivity contribution in [3.63, 3.8) is 0 Å². The first kappa shape index (κ1) is 25.4. The molecule has 0 unspecified atom stereocenters. The molecule has 2 fully saturated rings. The van der Waals surface area contributed by atoms with E-state index in [2.05, 4.69) is 31.0 Å². The normalized spacial score (nSPS) is 20.9. The topological polar surface area (TPSA) is 149 Å². The van der Waals surface area contributed by atoms with Crippen molar-refractivity contribution in [3.05, 3.63) is 45.8 Å². The predicted octanol–water partition coefficient (Wildman–Crippen LogP) is 3.16.